The van der Waals surface area contributed by atoms with E-state index < -0.39 is 10.0 Å². The molecule has 0 unspecified atom stereocenters. The summed E-state index contributed by atoms with van der Waals surface area (Å²) < 4.78 is 28.8. The number of para-hydroxylation sites is 1. The van der Waals surface area contributed by atoms with Crippen molar-refractivity contribution < 1.29 is 13.2 Å². The van der Waals surface area contributed by atoms with Crippen LogP contribution in [0.25, 0.3) is 0 Å². The molecule has 1 fully saturated rings. The molecule has 1 saturated heterocycles. The van der Waals surface area contributed by atoms with E-state index in [1.54, 1.807) is 11.6 Å². The van der Waals surface area contributed by atoms with E-state index in [9.17, 15) is 13.2 Å². The maximum absolute atomic E-state index is 12.9. The maximum atomic E-state index is 12.9. The predicted octanol–water partition coefficient (Wildman–Crippen LogP) is 2.40. The third kappa shape index (κ3) is 4.13. The molecule has 0 aliphatic carbocycles. The summed E-state index contributed by atoms with van der Waals surface area (Å²) in [4.78, 5) is 16.5. The van der Waals surface area contributed by atoms with Crippen molar-refractivity contribution in [1.29, 1.82) is 0 Å². The van der Waals surface area contributed by atoms with Crippen molar-refractivity contribution in [2.24, 2.45) is 7.05 Å². The van der Waals surface area contributed by atoms with Gasteiger partial charge in [-0.05, 0) is 31.4 Å². The zero-order chi connectivity index (χ0) is 21.3. The standard InChI is InChI=1S/C19H22N6O3S2/c1-13-6-3-4-8-15(13)21-17(26)19-23-22-18(29-19)14-7-5-9-25(10-14)30(27,28)16-11-24(2)12-20-16/h3-4,6,8,11-12,14H,5,7,9-10H2,1-2H3,(H,21,26)/t14-/m0/s1. The molecule has 9 nitrogen and oxygen atoms in total. The van der Waals surface area contributed by atoms with Crippen molar-refractivity contribution in [3.8, 4) is 0 Å². The first-order valence-corrected chi connectivity index (χ1v) is 11.8. The van der Waals surface area contributed by atoms with E-state index in [1.165, 1.54) is 28.2 Å². The Morgan fingerprint density at radius 3 is 2.80 bits per heavy atom. The van der Waals surface area contributed by atoms with Crippen molar-refractivity contribution in [2.45, 2.75) is 30.7 Å². The highest BCUT2D eigenvalue weighted by molar-refractivity contribution is 7.89. The van der Waals surface area contributed by atoms with Gasteiger partial charge in [-0.25, -0.2) is 13.4 Å². The highest BCUT2D eigenvalue weighted by Crippen LogP contribution is 2.31. The number of amides is 1. The maximum Gasteiger partial charge on any atom is 0.286 e. The lowest BCUT2D eigenvalue weighted by atomic mass is 10.0. The van der Waals surface area contributed by atoms with Gasteiger partial charge >= 0.3 is 0 Å². The van der Waals surface area contributed by atoms with E-state index in [0.717, 1.165) is 17.7 Å². The van der Waals surface area contributed by atoms with Gasteiger partial charge in [0.2, 0.25) is 5.01 Å². The number of nitrogens with zero attached hydrogens (tertiary/aromatic N) is 5. The SMILES string of the molecule is Cc1ccccc1NC(=O)c1nnc([C@H]2CCCN(S(=O)(=O)c3cn(C)cn3)C2)s1. The van der Waals surface area contributed by atoms with Crippen molar-refractivity contribution in [2.75, 3.05) is 18.4 Å². The molecule has 30 heavy (non-hydrogen) atoms. The van der Waals surface area contributed by atoms with E-state index in [4.69, 9.17) is 0 Å². The van der Waals surface area contributed by atoms with Crippen LogP contribution in [0.5, 0.6) is 0 Å². The van der Waals surface area contributed by atoms with Gasteiger partial charge in [0.1, 0.15) is 5.01 Å². The van der Waals surface area contributed by atoms with Gasteiger partial charge in [-0.3, -0.25) is 4.79 Å². The summed E-state index contributed by atoms with van der Waals surface area (Å²) in [7, 11) is -1.93. The van der Waals surface area contributed by atoms with Gasteiger partial charge in [0, 0.05) is 37.9 Å². The van der Waals surface area contributed by atoms with Gasteiger partial charge in [-0.2, -0.15) is 4.31 Å². The Morgan fingerprint density at radius 1 is 1.27 bits per heavy atom. The summed E-state index contributed by atoms with van der Waals surface area (Å²) in [5.74, 6) is -0.420. The van der Waals surface area contributed by atoms with Gasteiger partial charge < -0.3 is 9.88 Å². The van der Waals surface area contributed by atoms with Gasteiger partial charge in [0.15, 0.2) is 5.03 Å². The number of hydrogen-bond donors (Lipinski definition) is 1. The molecule has 2 aromatic heterocycles. The summed E-state index contributed by atoms with van der Waals surface area (Å²) in [5, 5.41) is 12.1. The Morgan fingerprint density at radius 2 is 2.07 bits per heavy atom. The third-order valence-electron chi connectivity index (χ3n) is 5.05. The molecule has 1 aliphatic heterocycles. The second-order valence-corrected chi connectivity index (χ2v) is 10.2. The third-order valence-corrected chi connectivity index (χ3v) is 7.88. The number of anilines is 1. The molecule has 0 bridgehead atoms. The molecule has 1 aliphatic rings. The number of carbonyl (C=O) groups excluding carboxylic acids is 1. The first kappa shape index (κ1) is 20.6. The van der Waals surface area contributed by atoms with Crippen molar-refractivity contribution in [3.63, 3.8) is 0 Å². The molecule has 1 amide bonds. The van der Waals surface area contributed by atoms with Crippen molar-refractivity contribution in [1.82, 2.24) is 24.1 Å². The van der Waals surface area contributed by atoms with Crippen LogP contribution in [0.15, 0.2) is 41.8 Å². The summed E-state index contributed by atoms with van der Waals surface area (Å²) in [5.41, 5.74) is 1.68. The summed E-state index contributed by atoms with van der Waals surface area (Å²) in [6.07, 6.45) is 4.47. The number of nitrogens with one attached hydrogen (secondary N) is 1. The Bertz CT molecular complexity index is 1170. The van der Waals surface area contributed by atoms with Crippen LogP contribution in [0.1, 0.15) is 39.1 Å². The topological polar surface area (TPSA) is 110 Å². The first-order chi connectivity index (χ1) is 14.3. The van der Waals surface area contributed by atoms with Crippen LogP contribution in [0.4, 0.5) is 5.69 Å². The van der Waals surface area contributed by atoms with Gasteiger partial charge in [0.05, 0.1) is 6.33 Å². The number of rotatable bonds is 5. The number of benzene rings is 1. The molecule has 0 saturated carbocycles. The summed E-state index contributed by atoms with van der Waals surface area (Å²) in [6, 6.07) is 7.51. The number of aromatic nitrogens is 4. The zero-order valence-electron chi connectivity index (χ0n) is 16.6. The monoisotopic (exact) mass is 446 g/mol. The first-order valence-electron chi connectivity index (χ1n) is 9.53. The van der Waals surface area contributed by atoms with Crippen LogP contribution in [0.3, 0.4) is 0 Å². The highest BCUT2D eigenvalue weighted by Gasteiger charge is 2.34. The Labute approximate surface area is 178 Å². The lowest BCUT2D eigenvalue weighted by molar-refractivity contribution is 0.102. The predicted molar refractivity (Wildman–Crippen MR) is 113 cm³/mol. The minimum atomic E-state index is -3.66. The summed E-state index contributed by atoms with van der Waals surface area (Å²) in [6.45, 7) is 2.65. The fourth-order valence-corrected chi connectivity index (χ4v) is 5.75. The molecule has 3 heterocycles. The van der Waals surface area contributed by atoms with E-state index >= 15 is 0 Å². The van der Waals surface area contributed by atoms with E-state index in [1.807, 2.05) is 31.2 Å². The number of sulfonamides is 1. The van der Waals surface area contributed by atoms with Crippen LogP contribution >= 0.6 is 11.3 Å². The van der Waals surface area contributed by atoms with Crippen LogP contribution in [-0.4, -0.2) is 51.5 Å². The quantitative estimate of drug-likeness (QED) is 0.644. The van der Waals surface area contributed by atoms with Crippen molar-refractivity contribution in [3.05, 3.63) is 52.4 Å². The number of hydrogen-bond acceptors (Lipinski definition) is 7. The van der Waals surface area contributed by atoms with Crippen LogP contribution < -0.4 is 5.32 Å². The zero-order valence-corrected chi connectivity index (χ0v) is 18.3. The number of piperidine rings is 1. The van der Waals surface area contributed by atoms with E-state index in [0.29, 0.717) is 24.5 Å². The molecule has 1 aromatic carbocycles. The second kappa shape index (κ2) is 8.25. The molecule has 11 heteroatoms. The number of imidazole rings is 1. The van der Waals surface area contributed by atoms with Crippen LogP contribution in [-0.2, 0) is 17.1 Å². The van der Waals surface area contributed by atoms with Gasteiger partial charge in [0.25, 0.3) is 15.9 Å². The van der Waals surface area contributed by atoms with Crippen LogP contribution in [0.2, 0.25) is 0 Å². The lowest BCUT2D eigenvalue weighted by Crippen LogP contribution is -2.39. The number of aryl methyl sites for hydroxylation is 2. The molecular weight excluding hydrogens is 424 g/mol. The fraction of sp³-hybridized carbons (Fsp3) is 0.368. The average molecular weight is 447 g/mol. The Balaban J connectivity index is 1.48. The highest BCUT2D eigenvalue weighted by atomic mass is 32.2. The number of carbonyl (C=O) groups is 1. The molecular formula is C19H22N6O3S2. The minimum absolute atomic E-state index is 0.0428. The molecule has 0 spiro atoms. The molecule has 1 N–H and O–H groups in total. The second-order valence-electron chi connectivity index (χ2n) is 7.29. The molecule has 3 aromatic rings. The fourth-order valence-electron chi connectivity index (χ4n) is 3.40. The van der Waals surface area contributed by atoms with E-state index in [-0.39, 0.29) is 21.9 Å². The van der Waals surface area contributed by atoms with Crippen LogP contribution in [0, 0.1) is 6.92 Å². The molecule has 0 radical (unpaired) electrons. The smallest absolute Gasteiger partial charge is 0.286 e. The minimum Gasteiger partial charge on any atom is -0.339 e. The van der Waals surface area contributed by atoms with E-state index in [2.05, 4.69) is 20.5 Å². The molecule has 4 rings (SSSR count). The summed E-state index contributed by atoms with van der Waals surface area (Å²) >= 11 is 1.21. The van der Waals surface area contributed by atoms with Crippen molar-refractivity contribution >= 4 is 33.0 Å². The largest absolute Gasteiger partial charge is 0.339 e. The van der Waals surface area contributed by atoms with Gasteiger partial charge in [-0.1, -0.05) is 29.5 Å². The Hall–Kier alpha value is -2.63. The molecule has 1 atom stereocenters. The average Bonchev–Trinajstić information content (AvgIpc) is 3.40. The normalized spacial score (nSPS) is 17.7. The Kier molecular flexibility index (Phi) is 5.67. The molecule has 158 valence electrons. The van der Waals surface area contributed by atoms with Gasteiger partial charge in [-0.15, -0.1) is 10.2 Å². The lowest BCUT2D eigenvalue weighted by Gasteiger charge is -2.30.